The quantitative estimate of drug-likeness (QED) is 0.564. The molecule has 1 fully saturated rings. The van der Waals surface area contributed by atoms with Gasteiger partial charge in [0.1, 0.15) is 0 Å². The van der Waals surface area contributed by atoms with Gasteiger partial charge >= 0.3 is 0 Å². The Morgan fingerprint density at radius 3 is 3.00 bits per heavy atom. The molecule has 58 valence electrons. The summed E-state index contributed by atoms with van der Waals surface area (Å²) in [6.45, 7) is 5.53. The predicted molar refractivity (Wildman–Crippen MR) is 51.8 cm³/mol. The highest BCUT2D eigenvalue weighted by Crippen LogP contribution is 2.29. The van der Waals surface area contributed by atoms with E-state index in [4.69, 9.17) is 12.2 Å². The second-order valence-electron chi connectivity index (χ2n) is 3.13. The van der Waals surface area contributed by atoms with Crippen LogP contribution in [0.4, 0.5) is 0 Å². The molecule has 1 N–H and O–H groups in total. The average Bonchev–Trinajstić information content (AvgIpc) is 1.90. The molecule has 0 saturated carbocycles. The molecule has 1 rings (SSSR count). The van der Waals surface area contributed by atoms with E-state index in [9.17, 15) is 0 Å². The molecular weight excluding hydrogens is 162 g/mol. The summed E-state index contributed by atoms with van der Waals surface area (Å²) in [6.07, 6.45) is 1.02. The van der Waals surface area contributed by atoms with Crippen LogP contribution in [-0.4, -0.2) is 22.0 Å². The first kappa shape index (κ1) is 8.34. The minimum atomic E-state index is 0.348. The number of rotatable bonds is 0. The summed E-state index contributed by atoms with van der Waals surface area (Å²) >= 11 is 7.11. The first-order valence-electron chi connectivity index (χ1n) is 3.51. The van der Waals surface area contributed by atoms with Gasteiger partial charge in [0.25, 0.3) is 0 Å². The second-order valence-corrected chi connectivity index (χ2v) is 5.43. The predicted octanol–water partition coefficient (Wildman–Crippen LogP) is 1.82. The minimum Gasteiger partial charge on any atom is -0.379 e. The van der Waals surface area contributed by atoms with E-state index in [1.807, 2.05) is 11.8 Å². The molecular formula is C7H13NS2. The van der Waals surface area contributed by atoms with Crippen LogP contribution in [-0.2, 0) is 0 Å². The number of thiocarbonyl (C=S) groups is 1. The number of hydrogen-bond donors (Lipinski definition) is 1. The Bertz CT molecular complexity index is 143. The van der Waals surface area contributed by atoms with Crippen molar-refractivity contribution in [1.29, 1.82) is 0 Å². The molecule has 0 aromatic heterocycles. The Hall–Kier alpha value is 0.240. The Balaban J connectivity index is 2.54. The monoisotopic (exact) mass is 175 g/mol. The molecule has 0 radical (unpaired) electrons. The standard InChI is InChI=1S/C7H13NS2/c1-7(2)5-6(9)8-3-4-10-7/h3-5H2,1-2H3,(H,8,9). The van der Waals surface area contributed by atoms with E-state index in [2.05, 4.69) is 19.2 Å². The van der Waals surface area contributed by atoms with Crippen LogP contribution in [0.25, 0.3) is 0 Å². The van der Waals surface area contributed by atoms with Gasteiger partial charge in [-0.05, 0) is 0 Å². The number of thioether (sulfide) groups is 1. The first-order chi connectivity index (χ1) is 4.60. The van der Waals surface area contributed by atoms with E-state index in [0.29, 0.717) is 4.75 Å². The Labute approximate surface area is 72.0 Å². The van der Waals surface area contributed by atoms with Crippen molar-refractivity contribution < 1.29 is 0 Å². The zero-order valence-electron chi connectivity index (χ0n) is 6.44. The van der Waals surface area contributed by atoms with Crippen LogP contribution in [0.1, 0.15) is 20.3 Å². The van der Waals surface area contributed by atoms with Crippen molar-refractivity contribution in [2.45, 2.75) is 25.0 Å². The van der Waals surface area contributed by atoms with Crippen molar-refractivity contribution in [3.63, 3.8) is 0 Å². The van der Waals surface area contributed by atoms with Crippen molar-refractivity contribution in [1.82, 2.24) is 5.32 Å². The Morgan fingerprint density at radius 1 is 1.60 bits per heavy atom. The third-order valence-corrected chi connectivity index (χ3v) is 3.13. The lowest BCUT2D eigenvalue weighted by atomic mass is 10.1. The van der Waals surface area contributed by atoms with Crippen LogP contribution in [0, 0.1) is 0 Å². The molecule has 0 aliphatic carbocycles. The Morgan fingerprint density at radius 2 is 2.30 bits per heavy atom. The zero-order chi connectivity index (χ0) is 7.61. The molecule has 1 aliphatic rings. The van der Waals surface area contributed by atoms with Gasteiger partial charge in [0.05, 0.1) is 4.99 Å². The zero-order valence-corrected chi connectivity index (χ0v) is 8.07. The molecule has 1 heterocycles. The van der Waals surface area contributed by atoms with Crippen LogP contribution in [0.2, 0.25) is 0 Å². The highest BCUT2D eigenvalue weighted by molar-refractivity contribution is 8.00. The summed E-state index contributed by atoms with van der Waals surface area (Å²) in [5.74, 6) is 1.17. The third kappa shape index (κ3) is 2.46. The van der Waals surface area contributed by atoms with Crippen molar-refractivity contribution in [3.05, 3.63) is 0 Å². The highest BCUT2D eigenvalue weighted by atomic mass is 32.2. The average molecular weight is 175 g/mol. The first-order valence-corrected chi connectivity index (χ1v) is 4.90. The van der Waals surface area contributed by atoms with E-state index < -0.39 is 0 Å². The lowest BCUT2D eigenvalue weighted by Crippen LogP contribution is -2.25. The molecule has 0 atom stereocenters. The second kappa shape index (κ2) is 3.09. The van der Waals surface area contributed by atoms with Gasteiger partial charge in [0.2, 0.25) is 0 Å². The summed E-state index contributed by atoms with van der Waals surface area (Å²) in [5.41, 5.74) is 0. The molecule has 0 aromatic rings. The van der Waals surface area contributed by atoms with Crippen LogP contribution in [0.5, 0.6) is 0 Å². The highest BCUT2D eigenvalue weighted by Gasteiger charge is 2.22. The molecule has 1 nitrogen and oxygen atoms in total. The van der Waals surface area contributed by atoms with Crippen molar-refractivity contribution in [3.8, 4) is 0 Å². The van der Waals surface area contributed by atoms with Gasteiger partial charge in [0, 0.05) is 23.5 Å². The van der Waals surface area contributed by atoms with E-state index in [1.165, 1.54) is 5.75 Å². The summed E-state index contributed by atoms with van der Waals surface area (Å²) in [6, 6.07) is 0. The van der Waals surface area contributed by atoms with Gasteiger partial charge in [-0.3, -0.25) is 0 Å². The van der Waals surface area contributed by atoms with Crippen LogP contribution < -0.4 is 5.32 Å². The van der Waals surface area contributed by atoms with Crippen molar-refractivity contribution >= 4 is 29.0 Å². The number of nitrogens with one attached hydrogen (secondary N) is 1. The van der Waals surface area contributed by atoms with Crippen molar-refractivity contribution in [2.24, 2.45) is 0 Å². The summed E-state index contributed by atoms with van der Waals surface area (Å²) in [4.78, 5) is 1.02. The topological polar surface area (TPSA) is 12.0 Å². The van der Waals surface area contributed by atoms with Gasteiger partial charge in [-0.1, -0.05) is 26.1 Å². The Kier molecular flexibility index (Phi) is 2.58. The van der Waals surface area contributed by atoms with Crippen LogP contribution >= 0.6 is 24.0 Å². The van der Waals surface area contributed by atoms with E-state index >= 15 is 0 Å². The van der Waals surface area contributed by atoms with Gasteiger partial charge in [-0.25, -0.2) is 0 Å². The van der Waals surface area contributed by atoms with E-state index in [0.717, 1.165) is 18.0 Å². The fourth-order valence-corrected chi connectivity index (χ4v) is 2.58. The summed E-state index contributed by atoms with van der Waals surface area (Å²) in [5, 5.41) is 3.21. The molecule has 3 heteroatoms. The summed E-state index contributed by atoms with van der Waals surface area (Å²) in [7, 11) is 0. The maximum absolute atomic E-state index is 5.12. The molecule has 0 spiro atoms. The minimum absolute atomic E-state index is 0.348. The molecule has 0 unspecified atom stereocenters. The number of hydrogen-bond acceptors (Lipinski definition) is 2. The lowest BCUT2D eigenvalue weighted by molar-refractivity contribution is 0.749. The SMILES string of the molecule is CC1(C)CC(=S)NCCS1. The van der Waals surface area contributed by atoms with Gasteiger partial charge < -0.3 is 5.32 Å². The normalized spacial score (nSPS) is 25.2. The largest absolute Gasteiger partial charge is 0.379 e. The van der Waals surface area contributed by atoms with E-state index in [-0.39, 0.29) is 0 Å². The maximum Gasteiger partial charge on any atom is 0.0767 e. The summed E-state index contributed by atoms with van der Waals surface area (Å²) < 4.78 is 0.348. The van der Waals surface area contributed by atoms with Crippen LogP contribution in [0.15, 0.2) is 0 Å². The fraction of sp³-hybridized carbons (Fsp3) is 0.857. The fourth-order valence-electron chi connectivity index (χ4n) is 1.02. The van der Waals surface area contributed by atoms with E-state index in [1.54, 1.807) is 0 Å². The van der Waals surface area contributed by atoms with Gasteiger partial charge in [-0.2, -0.15) is 11.8 Å². The molecule has 10 heavy (non-hydrogen) atoms. The third-order valence-electron chi connectivity index (χ3n) is 1.50. The molecule has 0 aromatic carbocycles. The van der Waals surface area contributed by atoms with Gasteiger partial charge in [0.15, 0.2) is 0 Å². The smallest absolute Gasteiger partial charge is 0.0767 e. The van der Waals surface area contributed by atoms with Crippen LogP contribution in [0.3, 0.4) is 0 Å². The molecule has 0 bridgehead atoms. The molecule has 1 aliphatic heterocycles. The lowest BCUT2D eigenvalue weighted by Gasteiger charge is -2.20. The van der Waals surface area contributed by atoms with Gasteiger partial charge in [-0.15, -0.1) is 0 Å². The molecule has 1 saturated heterocycles. The molecule has 0 amide bonds. The maximum atomic E-state index is 5.12. The van der Waals surface area contributed by atoms with Crippen molar-refractivity contribution in [2.75, 3.05) is 12.3 Å².